The molecule has 0 atom stereocenters. The van der Waals surface area contributed by atoms with Gasteiger partial charge in [-0.15, -0.1) is 0 Å². The van der Waals surface area contributed by atoms with Crippen LogP contribution in [-0.2, 0) is 20.7 Å². The molecule has 1 N–H and O–H groups in total. The maximum atomic E-state index is 12.7. The molecule has 0 fully saturated rings. The van der Waals surface area contributed by atoms with E-state index in [1.54, 1.807) is 24.3 Å². The van der Waals surface area contributed by atoms with Crippen molar-refractivity contribution in [3.05, 3.63) is 59.9 Å². The van der Waals surface area contributed by atoms with Crippen LogP contribution in [0.25, 0.3) is 0 Å². The first-order valence-corrected chi connectivity index (χ1v) is 6.91. The number of nitrogens with one attached hydrogen (secondary N) is 1. The summed E-state index contributed by atoms with van der Waals surface area (Å²) in [5, 5.41) is 2.50. The molecule has 0 unspecified atom stereocenters. The van der Waals surface area contributed by atoms with E-state index in [2.05, 4.69) is 5.32 Å². The van der Waals surface area contributed by atoms with Gasteiger partial charge in [-0.3, -0.25) is 9.59 Å². The molecule has 0 aromatic heterocycles. The van der Waals surface area contributed by atoms with Crippen molar-refractivity contribution < 1.29 is 23.5 Å². The fraction of sp³-hybridized carbons (Fsp3) is 0.176. The Labute approximate surface area is 133 Å². The number of carbonyl (C=O) groups excluding carboxylic acids is 2. The molecule has 2 aromatic carbocycles. The molecule has 0 aliphatic rings. The van der Waals surface area contributed by atoms with Crippen LogP contribution in [-0.4, -0.2) is 25.6 Å². The molecule has 0 radical (unpaired) electrons. The highest BCUT2D eigenvalue weighted by molar-refractivity contribution is 5.92. The van der Waals surface area contributed by atoms with Gasteiger partial charge in [-0.2, -0.15) is 0 Å². The van der Waals surface area contributed by atoms with Gasteiger partial charge >= 0.3 is 5.97 Å². The number of hydrogen-bond acceptors (Lipinski definition) is 4. The highest BCUT2D eigenvalue weighted by Gasteiger charge is 2.09. The van der Waals surface area contributed by atoms with Gasteiger partial charge in [0.1, 0.15) is 11.6 Å². The maximum Gasteiger partial charge on any atom is 0.310 e. The number of carbonyl (C=O) groups is 2. The minimum Gasteiger partial charge on any atom is -0.497 e. The molecule has 0 bridgehead atoms. The average Bonchev–Trinajstić information content (AvgIpc) is 2.55. The van der Waals surface area contributed by atoms with Crippen molar-refractivity contribution in [1.29, 1.82) is 0 Å². The van der Waals surface area contributed by atoms with E-state index in [0.29, 0.717) is 11.4 Å². The number of anilines is 1. The number of hydrogen-bond donors (Lipinski definition) is 1. The zero-order valence-electron chi connectivity index (χ0n) is 12.5. The number of benzene rings is 2. The Balaban J connectivity index is 1.79. The number of halogens is 1. The molecule has 6 heteroatoms. The third-order valence-electron chi connectivity index (χ3n) is 2.97. The largest absolute Gasteiger partial charge is 0.497 e. The van der Waals surface area contributed by atoms with Gasteiger partial charge in [0, 0.05) is 5.69 Å². The van der Waals surface area contributed by atoms with E-state index in [4.69, 9.17) is 9.47 Å². The SMILES string of the molecule is COc1cccc(CC(=O)OCC(=O)Nc2ccc(F)cc2)c1. The molecule has 120 valence electrons. The van der Waals surface area contributed by atoms with E-state index in [9.17, 15) is 14.0 Å². The number of ether oxygens (including phenoxy) is 2. The number of methoxy groups -OCH3 is 1. The molecule has 1 amide bonds. The van der Waals surface area contributed by atoms with Gasteiger partial charge in [-0.25, -0.2) is 4.39 Å². The Bertz CT molecular complexity index is 685. The second-order valence-corrected chi connectivity index (χ2v) is 4.74. The highest BCUT2D eigenvalue weighted by atomic mass is 19.1. The summed E-state index contributed by atoms with van der Waals surface area (Å²) in [5.74, 6) is -0.764. The molecule has 0 aliphatic heterocycles. The van der Waals surface area contributed by atoms with Crippen LogP contribution < -0.4 is 10.1 Å². The summed E-state index contributed by atoms with van der Waals surface area (Å²) in [5.41, 5.74) is 1.16. The number of esters is 1. The second kappa shape index (κ2) is 7.93. The van der Waals surface area contributed by atoms with Crippen LogP contribution in [0.1, 0.15) is 5.56 Å². The molecule has 5 nitrogen and oxygen atoms in total. The molecule has 0 aliphatic carbocycles. The molecule has 0 saturated heterocycles. The third kappa shape index (κ3) is 5.43. The Hall–Kier alpha value is -2.89. The van der Waals surface area contributed by atoms with Gasteiger partial charge in [0.2, 0.25) is 0 Å². The van der Waals surface area contributed by atoms with E-state index >= 15 is 0 Å². The molecule has 0 heterocycles. The van der Waals surface area contributed by atoms with E-state index in [1.807, 2.05) is 0 Å². The Morgan fingerprint density at radius 1 is 1.13 bits per heavy atom. The van der Waals surface area contributed by atoms with E-state index in [1.165, 1.54) is 31.4 Å². The van der Waals surface area contributed by atoms with Gasteiger partial charge in [0.15, 0.2) is 6.61 Å². The van der Waals surface area contributed by atoms with E-state index in [-0.39, 0.29) is 6.42 Å². The summed E-state index contributed by atoms with van der Waals surface area (Å²) < 4.78 is 22.7. The monoisotopic (exact) mass is 317 g/mol. The molecule has 2 rings (SSSR count). The lowest BCUT2D eigenvalue weighted by atomic mass is 10.1. The molecule has 0 spiro atoms. The lowest BCUT2D eigenvalue weighted by Crippen LogP contribution is -2.21. The molecule has 2 aromatic rings. The first kappa shape index (κ1) is 16.5. The van der Waals surface area contributed by atoms with Crippen LogP contribution in [0.5, 0.6) is 5.75 Å². The van der Waals surface area contributed by atoms with E-state index < -0.39 is 24.3 Å². The lowest BCUT2D eigenvalue weighted by Gasteiger charge is -2.07. The second-order valence-electron chi connectivity index (χ2n) is 4.74. The van der Waals surface area contributed by atoms with Crippen LogP contribution in [0.15, 0.2) is 48.5 Å². The van der Waals surface area contributed by atoms with Crippen molar-refractivity contribution in [3.8, 4) is 5.75 Å². The van der Waals surface area contributed by atoms with Gasteiger partial charge in [0.05, 0.1) is 13.5 Å². The first-order valence-electron chi connectivity index (χ1n) is 6.91. The maximum absolute atomic E-state index is 12.7. The van der Waals surface area contributed by atoms with Crippen LogP contribution in [0.2, 0.25) is 0 Å². The molecule has 0 saturated carbocycles. The highest BCUT2D eigenvalue weighted by Crippen LogP contribution is 2.13. The number of amides is 1. The fourth-order valence-electron chi connectivity index (χ4n) is 1.88. The van der Waals surface area contributed by atoms with Crippen molar-refractivity contribution in [2.75, 3.05) is 19.0 Å². The average molecular weight is 317 g/mol. The van der Waals surface area contributed by atoms with Gasteiger partial charge in [-0.05, 0) is 42.0 Å². The van der Waals surface area contributed by atoms with Crippen LogP contribution in [0.4, 0.5) is 10.1 Å². The van der Waals surface area contributed by atoms with Crippen molar-refractivity contribution in [2.45, 2.75) is 6.42 Å². The quantitative estimate of drug-likeness (QED) is 0.832. The summed E-state index contributed by atoms with van der Waals surface area (Å²) in [7, 11) is 1.54. The van der Waals surface area contributed by atoms with Gasteiger partial charge in [0.25, 0.3) is 5.91 Å². The number of rotatable bonds is 6. The third-order valence-corrected chi connectivity index (χ3v) is 2.97. The predicted molar refractivity (Wildman–Crippen MR) is 82.7 cm³/mol. The Kier molecular flexibility index (Phi) is 5.68. The van der Waals surface area contributed by atoms with Crippen molar-refractivity contribution >= 4 is 17.6 Å². The van der Waals surface area contributed by atoms with Crippen molar-refractivity contribution in [2.24, 2.45) is 0 Å². The Morgan fingerprint density at radius 2 is 1.87 bits per heavy atom. The Morgan fingerprint density at radius 3 is 2.57 bits per heavy atom. The molecule has 23 heavy (non-hydrogen) atoms. The summed E-state index contributed by atoms with van der Waals surface area (Å²) >= 11 is 0. The summed E-state index contributed by atoms with van der Waals surface area (Å²) in [6.07, 6.45) is 0.0427. The minimum absolute atomic E-state index is 0.0427. The summed E-state index contributed by atoms with van der Waals surface area (Å²) in [6, 6.07) is 12.3. The van der Waals surface area contributed by atoms with E-state index in [0.717, 1.165) is 5.56 Å². The lowest BCUT2D eigenvalue weighted by molar-refractivity contribution is -0.146. The summed E-state index contributed by atoms with van der Waals surface area (Å²) in [4.78, 5) is 23.4. The van der Waals surface area contributed by atoms with Crippen LogP contribution in [0.3, 0.4) is 0 Å². The molecular formula is C17H16FNO4. The first-order chi connectivity index (χ1) is 11.1. The predicted octanol–water partition coefficient (Wildman–Crippen LogP) is 2.56. The normalized spacial score (nSPS) is 10.0. The minimum atomic E-state index is -0.521. The zero-order chi connectivity index (χ0) is 16.7. The summed E-state index contributed by atoms with van der Waals surface area (Å²) in [6.45, 7) is -0.403. The smallest absolute Gasteiger partial charge is 0.310 e. The zero-order valence-corrected chi connectivity index (χ0v) is 12.5. The van der Waals surface area contributed by atoms with Crippen LogP contribution in [0, 0.1) is 5.82 Å². The fourth-order valence-corrected chi connectivity index (χ4v) is 1.88. The van der Waals surface area contributed by atoms with Gasteiger partial charge in [-0.1, -0.05) is 12.1 Å². The standard InChI is InChI=1S/C17H16FNO4/c1-22-15-4-2-3-12(9-15)10-17(21)23-11-16(20)19-14-7-5-13(18)6-8-14/h2-9H,10-11H2,1H3,(H,19,20). The van der Waals surface area contributed by atoms with Gasteiger partial charge < -0.3 is 14.8 Å². The van der Waals surface area contributed by atoms with Crippen molar-refractivity contribution in [3.63, 3.8) is 0 Å². The van der Waals surface area contributed by atoms with Crippen molar-refractivity contribution in [1.82, 2.24) is 0 Å². The molecular weight excluding hydrogens is 301 g/mol. The van der Waals surface area contributed by atoms with Crippen LogP contribution >= 0.6 is 0 Å². The topological polar surface area (TPSA) is 64.6 Å².